The van der Waals surface area contributed by atoms with Gasteiger partial charge < -0.3 is 24.9 Å². The molecular formula is C37H43F6N5O6. The van der Waals surface area contributed by atoms with Crippen molar-refractivity contribution >= 4 is 29.3 Å². The van der Waals surface area contributed by atoms with E-state index in [1.165, 1.54) is 29.2 Å². The van der Waals surface area contributed by atoms with Crippen molar-refractivity contribution in [3.8, 4) is 11.8 Å². The first-order valence-electron chi connectivity index (χ1n) is 18.5. The fraction of sp³-hybridized carbons (Fsp3) is 0.351. The standard InChI is InChI=1S/C18H17F3N2O2.C8H10F2N2O.C8H6FNO3.C2H6.CH4/c1-18(20,21)14-9-12(10-22-17(14)25-2)23-7-6-13-11(8-16(23)24)4-3-5-15(13)19;1-8(9,10)6-3-5(11)4-12-7(6)13-2;9-7-2-1-3-8(10(12)13)6(7)4-5-11;1-2;/h3-5,9-10H,6-8H2,1-2H3;3-4H,11H2,1-2H3;1-3,5H,4H2;1-2H3;1H4/i2*2D3;;;. The van der Waals surface area contributed by atoms with Gasteiger partial charge in [-0.3, -0.25) is 14.9 Å². The summed E-state index contributed by atoms with van der Waals surface area (Å²) in [5.74, 6) is -9.64. The molecule has 0 spiro atoms. The Kier molecular flexibility index (Phi) is 13.9. The number of rotatable bonds is 8. The number of aldehydes is 1. The number of nitro groups is 1. The molecule has 1 aliphatic heterocycles. The molecule has 0 saturated heterocycles. The van der Waals surface area contributed by atoms with Crippen LogP contribution in [0.25, 0.3) is 0 Å². The third kappa shape index (κ3) is 12.2. The van der Waals surface area contributed by atoms with Crippen LogP contribution in [0, 0.1) is 21.7 Å². The lowest BCUT2D eigenvalue weighted by atomic mass is 10.0. The first kappa shape index (κ1) is 36.6. The fourth-order valence-corrected chi connectivity index (χ4v) is 4.78. The number of ether oxygens (including phenoxy) is 2. The van der Waals surface area contributed by atoms with Crippen LogP contribution in [-0.2, 0) is 40.7 Å². The summed E-state index contributed by atoms with van der Waals surface area (Å²) in [6.45, 7) is 5.26. The summed E-state index contributed by atoms with van der Waals surface area (Å²) in [6, 6.07) is 9.88. The van der Waals surface area contributed by atoms with E-state index in [1.54, 1.807) is 6.07 Å². The van der Waals surface area contributed by atoms with Crippen LogP contribution in [0.5, 0.6) is 11.8 Å². The van der Waals surface area contributed by atoms with Gasteiger partial charge in [0.15, 0.2) is 0 Å². The molecule has 1 amide bonds. The van der Waals surface area contributed by atoms with E-state index in [0.717, 1.165) is 30.6 Å². The maximum Gasteiger partial charge on any atom is 0.275 e. The van der Waals surface area contributed by atoms with Crippen molar-refractivity contribution in [2.24, 2.45) is 0 Å². The highest BCUT2D eigenvalue weighted by Crippen LogP contribution is 2.36. The van der Waals surface area contributed by atoms with E-state index < -0.39 is 71.3 Å². The monoisotopic (exact) mass is 773 g/mol. The number of methoxy groups -OCH3 is 2. The van der Waals surface area contributed by atoms with Crippen LogP contribution in [0.1, 0.15) is 71.2 Å². The molecule has 0 aliphatic carbocycles. The number of nitrogens with zero attached hydrogens (tertiary/aromatic N) is 4. The molecule has 3 heterocycles. The SMILES string of the molecule is C.CC.O=CCc1c(F)cccc1[N+](=O)[O-].[2H]C([2H])([2H])Oc1ncc(N)cc1C(C)(F)F.[2H]C([2H])([2H])Oc1ncc(N2CCc3c(F)cccc3CC2=O)cc1C(C)(F)F. The molecule has 0 fully saturated rings. The van der Waals surface area contributed by atoms with Gasteiger partial charge in [-0.1, -0.05) is 39.5 Å². The molecule has 1 aliphatic rings. The minimum absolute atomic E-state index is 0. The number of anilines is 2. The molecule has 17 heteroatoms. The highest BCUT2D eigenvalue weighted by Gasteiger charge is 2.32. The Morgan fingerprint density at radius 2 is 1.52 bits per heavy atom. The number of amides is 1. The van der Waals surface area contributed by atoms with Crippen molar-refractivity contribution in [2.45, 2.75) is 66.2 Å². The molecule has 0 atom stereocenters. The van der Waals surface area contributed by atoms with E-state index in [-0.39, 0.29) is 55.9 Å². The van der Waals surface area contributed by atoms with Gasteiger partial charge in [0.1, 0.15) is 17.9 Å². The summed E-state index contributed by atoms with van der Waals surface area (Å²) in [5.41, 5.74) is 4.41. The zero-order chi connectivity index (χ0) is 45.1. The van der Waals surface area contributed by atoms with Crippen LogP contribution in [-0.4, -0.2) is 47.7 Å². The fourth-order valence-electron chi connectivity index (χ4n) is 4.78. The summed E-state index contributed by atoms with van der Waals surface area (Å²) >= 11 is 0. The zero-order valence-corrected chi connectivity index (χ0v) is 28.8. The van der Waals surface area contributed by atoms with Gasteiger partial charge in [-0.25, -0.2) is 36.3 Å². The Bertz CT molecular complexity index is 2100. The molecule has 0 bridgehead atoms. The lowest BCUT2D eigenvalue weighted by molar-refractivity contribution is -0.385. The number of hydrogen-bond donors (Lipinski definition) is 1. The highest BCUT2D eigenvalue weighted by molar-refractivity contribution is 5.95. The molecule has 2 aromatic heterocycles. The van der Waals surface area contributed by atoms with Crippen molar-refractivity contribution in [1.29, 1.82) is 0 Å². The molecule has 2 N–H and O–H groups in total. The Balaban J connectivity index is 0.000000478. The topological polar surface area (TPSA) is 151 Å². The first-order valence-corrected chi connectivity index (χ1v) is 15.5. The largest absolute Gasteiger partial charge is 0.481 e. The van der Waals surface area contributed by atoms with Crippen molar-refractivity contribution in [1.82, 2.24) is 9.97 Å². The van der Waals surface area contributed by atoms with Crippen LogP contribution in [0.15, 0.2) is 60.9 Å². The molecule has 54 heavy (non-hydrogen) atoms. The summed E-state index contributed by atoms with van der Waals surface area (Å²) in [6.07, 6.45) is 2.43. The maximum atomic E-state index is 14.0. The molecule has 4 aromatic rings. The van der Waals surface area contributed by atoms with Crippen LogP contribution in [0.4, 0.5) is 43.4 Å². The second-order valence-corrected chi connectivity index (χ2v) is 10.9. The normalized spacial score (nSPS) is 14.2. The predicted molar refractivity (Wildman–Crippen MR) is 192 cm³/mol. The van der Waals surface area contributed by atoms with Crippen LogP contribution in [0.2, 0.25) is 0 Å². The molecule has 294 valence electrons. The van der Waals surface area contributed by atoms with Gasteiger partial charge in [-0.2, -0.15) is 0 Å². The molecular weight excluding hydrogens is 724 g/mol. The summed E-state index contributed by atoms with van der Waals surface area (Å²) in [7, 11) is -5.78. The molecule has 0 saturated carbocycles. The number of nitro benzene ring substituents is 1. The molecule has 0 radical (unpaired) electrons. The third-order valence-corrected chi connectivity index (χ3v) is 7.18. The number of pyridine rings is 2. The smallest absolute Gasteiger partial charge is 0.275 e. The van der Waals surface area contributed by atoms with E-state index in [9.17, 15) is 46.0 Å². The van der Waals surface area contributed by atoms with Gasteiger partial charge in [0.25, 0.3) is 17.5 Å². The summed E-state index contributed by atoms with van der Waals surface area (Å²) < 4.78 is 132. The van der Waals surface area contributed by atoms with Crippen molar-refractivity contribution in [3.63, 3.8) is 0 Å². The van der Waals surface area contributed by atoms with Gasteiger partial charge in [0, 0.05) is 32.9 Å². The van der Waals surface area contributed by atoms with Gasteiger partial charge in [-0.05, 0) is 41.8 Å². The number of nitrogens with two attached hydrogens (primary N) is 1. The van der Waals surface area contributed by atoms with E-state index >= 15 is 0 Å². The summed E-state index contributed by atoms with van der Waals surface area (Å²) in [4.78, 5) is 40.8. The van der Waals surface area contributed by atoms with Gasteiger partial charge in [0.2, 0.25) is 17.7 Å². The minimum atomic E-state index is -3.45. The number of aromatic nitrogens is 2. The Morgan fingerprint density at radius 3 is 2.07 bits per heavy atom. The number of halogens is 6. The van der Waals surface area contributed by atoms with Gasteiger partial charge in [-0.15, -0.1) is 0 Å². The van der Waals surface area contributed by atoms with Crippen LogP contribution in [0.3, 0.4) is 0 Å². The van der Waals surface area contributed by atoms with Crippen LogP contribution < -0.4 is 20.1 Å². The number of hydrogen-bond acceptors (Lipinski definition) is 9. The van der Waals surface area contributed by atoms with Crippen molar-refractivity contribution in [2.75, 3.05) is 31.3 Å². The quantitative estimate of drug-likeness (QED) is 0.0806. The second-order valence-electron chi connectivity index (χ2n) is 10.9. The average molecular weight is 774 g/mol. The first-order chi connectivity index (χ1) is 27.2. The van der Waals surface area contributed by atoms with E-state index in [4.69, 9.17) is 14.0 Å². The summed E-state index contributed by atoms with van der Waals surface area (Å²) in [5, 5.41) is 10.4. The van der Waals surface area contributed by atoms with Crippen molar-refractivity contribution < 1.29 is 58.6 Å². The number of carbonyl (C=O) groups is 2. The van der Waals surface area contributed by atoms with Crippen LogP contribution >= 0.6 is 0 Å². The number of alkyl halides is 4. The van der Waals surface area contributed by atoms with E-state index in [2.05, 4.69) is 19.4 Å². The average Bonchev–Trinajstić information content (AvgIpc) is 3.28. The Morgan fingerprint density at radius 1 is 0.963 bits per heavy atom. The Labute approximate surface area is 317 Å². The van der Waals surface area contributed by atoms with E-state index in [1.807, 2.05) is 13.8 Å². The molecule has 0 unspecified atom stereocenters. The highest BCUT2D eigenvalue weighted by atomic mass is 19.3. The predicted octanol–water partition coefficient (Wildman–Crippen LogP) is 8.39. The second kappa shape index (κ2) is 20.5. The lowest BCUT2D eigenvalue weighted by Gasteiger charge is -2.23. The van der Waals surface area contributed by atoms with Gasteiger partial charge >= 0.3 is 0 Å². The molecule has 5 rings (SSSR count). The Hall–Kier alpha value is -5.74. The number of carbonyl (C=O) groups excluding carboxylic acids is 2. The molecule has 11 nitrogen and oxygen atoms in total. The zero-order valence-electron chi connectivity index (χ0n) is 34.8. The number of nitrogen functional groups attached to an aromatic ring is 1. The lowest BCUT2D eigenvalue weighted by Crippen LogP contribution is -2.32. The number of benzene rings is 2. The number of fused-ring (bicyclic) bond motifs is 1. The van der Waals surface area contributed by atoms with Gasteiger partial charge in [0.05, 0.1) is 74.1 Å². The van der Waals surface area contributed by atoms with E-state index in [0.29, 0.717) is 31.3 Å². The maximum absolute atomic E-state index is 14.0. The molecule has 2 aromatic carbocycles. The minimum Gasteiger partial charge on any atom is -0.481 e. The van der Waals surface area contributed by atoms with Crippen molar-refractivity contribution in [3.05, 3.63) is 110 Å². The third-order valence-electron chi connectivity index (χ3n) is 7.18.